The Morgan fingerprint density at radius 2 is 1.82 bits per heavy atom. The second kappa shape index (κ2) is 11.2. The van der Waals surface area contributed by atoms with Crippen LogP contribution in [0.5, 0.6) is 5.75 Å². The Kier molecular flexibility index (Phi) is 8.56. The third-order valence-corrected chi connectivity index (χ3v) is 5.79. The lowest BCUT2D eigenvalue weighted by atomic mass is 10.0. The first kappa shape index (κ1) is 29.8. The quantitative estimate of drug-likeness (QED) is 0.438. The minimum Gasteiger partial charge on any atom is -0.507 e. The maximum absolute atomic E-state index is 14.5. The number of hydrogen-bond donors (Lipinski definition) is 3. The minimum absolute atomic E-state index is 0.0525. The molecule has 1 atom stereocenters. The summed E-state index contributed by atoms with van der Waals surface area (Å²) in [6.45, 7) is 5.21. The summed E-state index contributed by atoms with van der Waals surface area (Å²) in [5, 5.41) is 23.1. The molecule has 1 fully saturated rings. The first-order valence-electron chi connectivity index (χ1n) is 12.1. The molecule has 3 N–H and O–H groups in total. The second-order valence-corrected chi connectivity index (χ2v) is 10.3. The van der Waals surface area contributed by atoms with Crippen LogP contribution in [-0.2, 0) is 15.7 Å². The van der Waals surface area contributed by atoms with Gasteiger partial charge in [-0.05, 0) is 70.4 Å². The van der Waals surface area contributed by atoms with Crippen LogP contribution in [0.15, 0.2) is 24.3 Å². The molecule has 1 saturated heterocycles. The summed E-state index contributed by atoms with van der Waals surface area (Å²) in [4.78, 5) is 25.2. The van der Waals surface area contributed by atoms with Gasteiger partial charge in [-0.3, -0.25) is 4.79 Å². The van der Waals surface area contributed by atoms with Gasteiger partial charge in [-0.15, -0.1) is 10.2 Å². The standard InChI is InChI=1S/C25H30F5N5O4/c1-14-10-19(33-34-20(14)17-8-7-15(11-18(17)36)25(28,29)30)32-16-6-5-9-35(12-16)21(37)24(26,27)13-31-22(38)39-23(2,3)4/h7-8,10-11,16,36H,5-6,9,12-13H2,1-4H3,(H,31,38)(H,32,33)/t16-/m1/s1. The lowest BCUT2D eigenvalue weighted by molar-refractivity contribution is -0.157. The molecule has 1 aromatic carbocycles. The zero-order valence-corrected chi connectivity index (χ0v) is 21.8. The molecule has 1 aromatic heterocycles. The Labute approximate surface area is 221 Å². The average molecular weight is 560 g/mol. The highest BCUT2D eigenvalue weighted by atomic mass is 19.4. The Hall–Kier alpha value is -3.71. The van der Waals surface area contributed by atoms with Crippen molar-refractivity contribution in [1.29, 1.82) is 0 Å². The molecule has 0 unspecified atom stereocenters. The van der Waals surface area contributed by atoms with E-state index in [9.17, 15) is 36.6 Å². The van der Waals surface area contributed by atoms with Crippen molar-refractivity contribution in [2.45, 2.75) is 64.3 Å². The summed E-state index contributed by atoms with van der Waals surface area (Å²) in [5.41, 5.74) is -1.16. The summed E-state index contributed by atoms with van der Waals surface area (Å²) in [7, 11) is 0. The van der Waals surface area contributed by atoms with E-state index in [2.05, 4.69) is 15.5 Å². The Morgan fingerprint density at radius 1 is 1.13 bits per heavy atom. The van der Waals surface area contributed by atoms with E-state index in [4.69, 9.17) is 4.74 Å². The number of aryl methyl sites for hydroxylation is 1. The number of carbonyl (C=O) groups is 2. The predicted octanol–water partition coefficient (Wildman–Crippen LogP) is 4.74. The molecule has 39 heavy (non-hydrogen) atoms. The molecule has 2 aromatic rings. The number of benzene rings is 1. The Bertz CT molecular complexity index is 1220. The van der Waals surface area contributed by atoms with Gasteiger partial charge in [0, 0.05) is 24.7 Å². The number of halogens is 5. The van der Waals surface area contributed by atoms with Crippen LogP contribution in [-0.4, -0.2) is 69.4 Å². The number of nitrogens with zero attached hydrogens (tertiary/aromatic N) is 3. The molecular formula is C25H30F5N5O4. The molecule has 14 heteroatoms. The average Bonchev–Trinajstić information content (AvgIpc) is 2.81. The van der Waals surface area contributed by atoms with Crippen LogP contribution in [0.3, 0.4) is 0 Å². The van der Waals surface area contributed by atoms with Crippen molar-refractivity contribution in [3.05, 3.63) is 35.4 Å². The third kappa shape index (κ3) is 7.90. The largest absolute Gasteiger partial charge is 0.507 e. The molecule has 2 heterocycles. The molecular weight excluding hydrogens is 529 g/mol. The first-order chi connectivity index (χ1) is 18.0. The molecule has 0 spiro atoms. The molecule has 1 aliphatic heterocycles. The van der Waals surface area contributed by atoms with Gasteiger partial charge in [0.2, 0.25) is 0 Å². The highest BCUT2D eigenvalue weighted by molar-refractivity contribution is 5.84. The van der Waals surface area contributed by atoms with Crippen molar-refractivity contribution < 1.29 is 41.4 Å². The van der Waals surface area contributed by atoms with Crippen LogP contribution in [0, 0.1) is 6.92 Å². The maximum Gasteiger partial charge on any atom is 0.416 e. The van der Waals surface area contributed by atoms with Crippen LogP contribution >= 0.6 is 0 Å². The van der Waals surface area contributed by atoms with Crippen LogP contribution in [0.1, 0.15) is 44.7 Å². The number of hydrogen-bond acceptors (Lipinski definition) is 7. The normalized spacial score (nSPS) is 16.5. The number of aromatic hydroxyl groups is 1. The van der Waals surface area contributed by atoms with Gasteiger partial charge in [0.15, 0.2) is 0 Å². The molecule has 214 valence electrons. The van der Waals surface area contributed by atoms with E-state index in [0.29, 0.717) is 24.5 Å². The smallest absolute Gasteiger partial charge is 0.416 e. The zero-order valence-electron chi connectivity index (χ0n) is 21.8. The van der Waals surface area contributed by atoms with Gasteiger partial charge in [0.1, 0.15) is 17.2 Å². The Morgan fingerprint density at radius 3 is 2.41 bits per heavy atom. The number of rotatable bonds is 6. The van der Waals surface area contributed by atoms with Gasteiger partial charge in [0.25, 0.3) is 5.91 Å². The van der Waals surface area contributed by atoms with E-state index in [0.717, 1.165) is 17.0 Å². The highest BCUT2D eigenvalue weighted by Crippen LogP contribution is 2.37. The van der Waals surface area contributed by atoms with Crippen molar-refractivity contribution in [3.63, 3.8) is 0 Å². The summed E-state index contributed by atoms with van der Waals surface area (Å²) < 4.78 is 72.7. The Balaban J connectivity index is 1.64. The van der Waals surface area contributed by atoms with Crippen LogP contribution in [0.4, 0.5) is 32.6 Å². The maximum atomic E-state index is 14.5. The highest BCUT2D eigenvalue weighted by Gasteiger charge is 2.44. The zero-order chi connectivity index (χ0) is 29.2. The number of anilines is 1. The number of nitrogens with one attached hydrogen (secondary N) is 2. The summed E-state index contributed by atoms with van der Waals surface area (Å²) in [6, 6.07) is 3.66. The fourth-order valence-corrected chi connectivity index (χ4v) is 4.02. The van der Waals surface area contributed by atoms with Gasteiger partial charge < -0.3 is 25.4 Å². The van der Waals surface area contributed by atoms with Gasteiger partial charge in [-0.1, -0.05) is 0 Å². The van der Waals surface area contributed by atoms with Crippen LogP contribution in [0.2, 0.25) is 0 Å². The van der Waals surface area contributed by atoms with E-state index in [1.54, 1.807) is 33.8 Å². The monoisotopic (exact) mass is 559 g/mol. The summed E-state index contributed by atoms with van der Waals surface area (Å²) in [6.07, 6.45) is -4.69. The lowest BCUT2D eigenvalue weighted by Crippen LogP contribution is -2.54. The van der Waals surface area contributed by atoms with Crippen molar-refractivity contribution in [1.82, 2.24) is 20.4 Å². The predicted molar refractivity (Wildman–Crippen MR) is 131 cm³/mol. The van der Waals surface area contributed by atoms with Crippen LogP contribution in [0.25, 0.3) is 11.3 Å². The van der Waals surface area contributed by atoms with Gasteiger partial charge in [-0.25, -0.2) is 4.79 Å². The molecule has 9 nitrogen and oxygen atoms in total. The number of alkyl carbamates (subject to hydrolysis) is 1. The number of aromatic nitrogens is 2. The number of likely N-dealkylation sites (tertiary alicyclic amines) is 1. The fraction of sp³-hybridized carbons (Fsp3) is 0.520. The lowest BCUT2D eigenvalue weighted by Gasteiger charge is -2.35. The molecule has 1 aliphatic rings. The number of phenolic OH excluding ortho intramolecular Hbond substituents is 1. The van der Waals surface area contributed by atoms with E-state index in [1.165, 1.54) is 0 Å². The number of alkyl halides is 5. The third-order valence-electron chi connectivity index (χ3n) is 5.79. The second-order valence-electron chi connectivity index (χ2n) is 10.3. The van der Waals surface area contributed by atoms with Crippen molar-refractivity contribution in [3.8, 4) is 17.0 Å². The number of phenols is 1. The van der Waals surface area contributed by atoms with E-state index >= 15 is 0 Å². The van der Waals surface area contributed by atoms with Gasteiger partial charge in [0.05, 0.1) is 17.8 Å². The molecule has 0 aliphatic carbocycles. The first-order valence-corrected chi connectivity index (χ1v) is 12.1. The van der Waals surface area contributed by atoms with E-state index in [1.807, 2.05) is 5.32 Å². The molecule has 0 bridgehead atoms. The molecule has 2 amide bonds. The summed E-state index contributed by atoms with van der Waals surface area (Å²) in [5.74, 6) is -5.62. The molecule has 0 saturated carbocycles. The van der Waals surface area contributed by atoms with Crippen LogP contribution < -0.4 is 10.6 Å². The van der Waals surface area contributed by atoms with Gasteiger partial charge in [-0.2, -0.15) is 22.0 Å². The minimum atomic E-state index is -4.61. The molecule has 0 radical (unpaired) electrons. The fourth-order valence-electron chi connectivity index (χ4n) is 4.02. The van der Waals surface area contributed by atoms with Crippen molar-refractivity contribution in [2.75, 3.05) is 25.0 Å². The number of piperidine rings is 1. The number of amides is 2. The molecule has 3 rings (SSSR count). The number of carbonyl (C=O) groups excluding carboxylic acids is 2. The summed E-state index contributed by atoms with van der Waals surface area (Å²) >= 11 is 0. The van der Waals surface area contributed by atoms with Gasteiger partial charge >= 0.3 is 18.2 Å². The van der Waals surface area contributed by atoms with E-state index in [-0.39, 0.29) is 30.2 Å². The van der Waals surface area contributed by atoms with Crippen molar-refractivity contribution in [2.24, 2.45) is 0 Å². The van der Waals surface area contributed by atoms with Crippen molar-refractivity contribution >= 4 is 17.8 Å². The topological polar surface area (TPSA) is 117 Å². The number of ether oxygens (including phenoxy) is 1. The van der Waals surface area contributed by atoms with E-state index < -0.39 is 53.6 Å². The SMILES string of the molecule is Cc1cc(N[C@@H]2CCCN(C(=O)C(F)(F)CNC(=O)OC(C)(C)C)C2)nnc1-c1ccc(C(F)(F)F)cc1O.